The minimum Gasteiger partial charge on any atom is -0.490 e. The molecule has 1 aliphatic rings. The number of benzene rings is 1. The Labute approximate surface area is 108 Å². The highest BCUT2D eigenvalue weighted by atomic mass is 16.5. The summed E-state index contributed by atoms with van der Waals surface area (Å²) >= 11 is 0. The summed E-state index contributed by atoms with van der Waals surface area (Å²) in [5.74, 6) is 0.694. The molecular weight excluding hydrogens is 226 g/mol. The molecule has 1 N–H and O–H groups in total. The third-order valence-corrected chi connectivity index (χ3v) is 3.15. The molecule has 1 fully saturated rings. The van der Waals surface area contributed by atoms with Crippen molar-refractivity contribution in [3.05, 3.63) is 42.5 Å². The average molecular weight is 245 g/mol. The van der Waals surface area contributed by atoms with Crippen LogP contribution in [0, 0.1) is 0 Å². The first-order valence-electron chi connectivity index (χ1n) is 6.44. The number of hydrogen-bond acceptors (Lipinski definition) is 2. The van der Waals surface area contributed by atoms with Crippen LogP contribution in [0.5, 0.6) is 5.75 Å². The second-order valence-corrected chi connectivity index (χ2v) is 4.58. The van der Waals surface area contributed by atoms with Gasteiger partial charge in [0.2, 0.25) is 0 Å². The Morgan fingerprint density at radius 3 is 2.94 bits per heavy atom. The zero-order valence-corrected chi connectivity index (χ0v) is 10.5. The lowest BCUT2D eigenvalue weighted by molar-refractivity contribution is 0.0937. The van der Waals surface area contributed by atoms with Crippen molar-refractivity contribution >= 4 is 5.91 Å². The van der Waals surface area contributed by atoms with Gasteiger partial charge in [0.1, 0.15) is 12.4 Å². The zero-order chi connectivity index (χ0) is 12.8. The van der Waals surface area contributed by atoms with E-state index >= 15 is 0 Å². The number of rotatable bonds is 5. The summed E-state index contributed by atoms with van der Waals surface area (Å²) < 4.78 is 5.42. The maximum atomic E-state index is 12.0. The molecule has 3 nitrogen and oxygen atoms in total. The van der Waals surface area contributed by atoms with E-state index in [2.05, 4.69) is 11.9 Å². The third kappa shape index (κ3) is 3.36. The average Bonchev–Trinajstić information content (AvgIpc) is 2.89. The van der Waals surface area contributed by atoms with E-state index in [0.717, 1.165) is 12.8 Å². The van der Waals surface area contributed by atoms with Crippen LogP contribution in [0.2, 0.25) is 0 Å². The van der Waals surface area contributed by atoms with E-state index in [1.807, 2.05) is 18.2 Å². The summed E-state index contributed by atoms with van der Waals surface area (Å²) in [5, 5.41) is 3.06. The summed E-state index contributed by atoms with van der Waals surface area (Å²) in [6.45, 7) is 4.05. The number of carbonyl (C=O) groups excluding carboxylic acids is 1. The fraction of sp³-hybridized carbons (Fsp3) is 0.400. The number of ether oxygens (including phenoxy) is 1. The van der Waals surface area contributed by atoms with Crippen LogP contribution in [-0.4, -0.2) is 18.6 Å². The van der Waals surface area contributed by atoms with E-state index in [4.69, 9.17) is 4.74 Å². The molecule has 0 heterocycles. The van der Waals surface area contributed by atoms with Gasteiger partial charge >= 0.3 is 0 Å². The minimum atomic E-state index is -0.00838. The van der Waals surface area contributed by atoms with Crippen LogP contribution in [0.3, 0.4) is 0 Å². The van der Waals surface area contributed by atoms with Gasteiger partial charge in [-0.1, -0.05) is 31.6 Å². The largest absolute Gasteiger partial charge is 0.490 e. The summed E-state index contributed by atoms with van der Waals surface area (Å²) in [5.41, 5.74) is 0.656. The highest BCUT2D eigenvalue weighted by Crippen LogP contribution is 2.19. The Kier molecular flexibility index (Phi) is 4.40. The molecule has 0 atom stereocenters. The van der Waals surface area contributed by atoms with E-state index in [1.165, 1.54) is 12.8 Å². The van der Waals surface area contributed by atoms with Gasteiger partial charge in [0.05, 0.1) is 0 Å². The molecule has 18 heavy (non-hydrogen) atoms. The molecule has 1 aromatic carbocycles. The Bertz CT molecular complexity index is 422. The van der Waals surface area contributed by atoms with Crippen molar-refractivity contribution in [2.24, 2.45) is 0 Å². The number of amides is 1. The van der Waals surface area contributed by atoms with E-state index in [-0.39, 0.29) is 5.91 Å². The second kappa shape index (κ2) is 6.24. The van der Waals surface area contributed by atoms with Crippen molar-refractivity contribution in [2.45, 2.75) is 31.7 Å². The van der Waals surface area contributed by atoms with Gasteiger partial charge in [0.25, 0.3) is 5.91 Å². The molecule has 1 amide bonds. The summed E-state index contributed by atoms with van der Waals surface area (Å²) in [6.07, 6.45) is 6.31. The van der Waals surface area contributed by atoms with Crippen LogP contribution in [0.15, 0.2) is 36.9 Å². The smallest absolute Gasteiger partial charge is 0.251 e. The molecule has 0 aromatic heterocycles. The first kappa shape index (κ1) is 12.7. The summed E-state index contributed by atoms with van der Waals surface area (Å²) in [6, 6.07) is 7.60. The monoisotopic (exact) mass is 245 g/mol. The fourth-order valence-electron chi connectivity index (χ4n) is 2.22. The quantitative estimate of drug-likeness (QED) is 0.810. The van der Waals surface area contributed by atoms with Gasteiger partial charge < -0.3 is 10.1 Å². The molecule has 0 radical (unpaired) electrons. The van der Waals surface area contributed by atoms with Crippen LogP contribution in [-0.2, 0) is 0 Å². The highest BCUT2D eigenvalue weighted by molar-refractivity contribution is 5.94. The van der Waals surface area contributed by atoms with Gasteiger partial charge in [-0.05, 0) is 31.0 Å². The number of hydrogen-bond donors (Lipinski definition) is 1. The van der Waals surface area contributed by atoms with Crippen molar-refractivity contribution in [1.82, 2.24) is 5.32 Å². The molecule has 0 saturated heterocycles. The Hall–Kier alpha value is -1.77. The maximum absolute atomic E-state index is 12.0. The Morgan fingerprint density at radius 1 is 1.44 bits per heavy atom. The van der Waals surface area contributed by atoms with Crippen molar-refractivity contribution in [3.8, 4) is 5.75 Å². The molecule has 96 valence electrons. The first-order valence-corrected chi connectivity index (χ1v) is 6.44. The summed E-state index contributed by atoms with van der Waals surface area (Å²) in [4.78, 5) is 12.0. The van der Waals surface area contributed by atoms with Gasteiger partial charge in [-0.3, -0.25) is 4.79 Å². The van der Waals surface area contributed by atoms with Crippen molar-refractivity contribution in [2.75, 3.05) is 6.61 Å². The molecule has 3 heteroatoms. The molecule has 1 aliphatic carbocycles. The molecule has 2 rings (SSSR count). The highest BCUT2D eigenvalue weighted by Gasteiger charge is 2.17. The van der Waals surface area contributed by atoms with Crippen LogP contribution in [0.1, 0.15) is 36.0 Å². The second-order valence-electron chi connectivity index (χ2n) is 4.58. The molecule has 0 unspecified atom stereocenters. The van der Waals surface area contributed by atoms with Crippen LogP contribution in [0.25, 0.3) is 0 Å². The van der Waals surface area contributed by atoms with Crippen molar-refractivity contribution in [3.63, 3.8) is 0 Å². The predicted octanol–water partition coefficient (Wildman–Crippen LogP) is 2.92. The molecule has 0 spiro atoms. The fourth-order valence-corrected chi connectivity index (χ4v) is 2.22. The zero-order valence-electron chi connectivity index (χ0n) is 10.5. The summed E-state index contributed by atoms with van der Waals surface area (Å²) in [7, 11) is 0. The van der Waals surface area contributed by atoms with Gasteiger partial charge in [0.15, 0.2) is 0 Å². The van der Waals surface area contributed by atoms with Crippen LogP contribution < -0.4 is 10.1 Å². The SMILES string of the molecule is C=CCOc1cccc(C(=O)NC2CCCC2)c1. The lowest BCUT2D eigenvalue weighted by Crippen LogP contribution is -2.32. The van der Waals surface area contributed by atoms with Gasteiger partial charge in [-0.15, -0.1) is 0 Å². The predicted molar refractivity (Wildman–Crippen MR) is 71.9 cm³/mol. The lowest BCUT2D eigenvalue weighted by atomic mass is 10.1. The molecule has 0 aliphatic heterocycles. The van der Waals surface area contributed by atoms with Crippen molar-refractivity contribution in [1.29, 1.82) is 0 Å². The first-order chi connectivity index (χ1) is 8.79. The lowest BCUT2D eigenvalue weighted by Gasteiger charge is -2.12. The van der Waals surface area contributed by atoms with E-state index in [9.17, 15) is 4.79 Å². The normalized spacial score (nSPS) is 15.3. The topological polar surface area (TPSA) is 38.3 Å². The van der Waals surface area contributed by atoms with E-state index in [0.29, 0.717) is 24.0 Å². The number of carbonyl (C=O) groups is 1. The van der Waals surface area contributed by atoms with Gasteiger partial charge in [-0.25, -0.2) is 0 Å². The molecular formula is C15H19NO2. The molecule has 1 saturated carbocycles. The minimum absolute atomic E-state index is 0.00838. The van der Waals surface area contributed by atoms with Gasteiger partial charge in [-0.2, -0.15) is 0 Å². The van der Waals surface area contributed by atoms with E-state index in [1.54, 1.807) is 12.1 Å². The third-order valence-electron chi connectivity index (χ3n) is 3.15. The Morgan fingerprint density at radius 2 is 2.22 bits per heavy atom. The van der Waals surface area contributed by atoms with Crippen LogP contribution in [0.4, 0.5) is 0 Å². The standard InChI is InChI=1S/C15H19NO2/c1-2-10-18-14-9-5-6-12(11-14)15(17)16-13-7-3-4-8-13/h2,5-6,9,11,13H,1,3-4,7-8,10H2,(H,16,17). The van der Waals surface area contributed by atoms with Crippen molar-refractivity contribution < 1.29 is 9.53 Å². The Balaban J connectivity index is 1.98. The molecule has 1 aromatic rings. The van der Waals surface area contributed by atoms with Crippen LogP contribution >= 0.6 is 0 Å². The molecule has 0 bridgehead atoms. The number of nitrogens with one attached hydrogen (secondary N) is 1. The maximum Gasteiger partial charge on any atom is 0.251 e. The van der Waals surface area contributed by atoms with Gasteiger partial charge in [0, 0.05) is 11.6 Å². The van der Waals surface area contributed by atoms with E-state index < -0.39 is 0 Å².